The Morgan fingerprint density at radius 2 is 1.10 bits per heavy atom. The zero-order valence-electron chi connectivity index (χ0n) is 9.89. The van der Waals surface area contributed by atoms with E-state index in [0.29, 0.717) is 0 Å². The molecule has 0 aromatic heterocycles. The summed E-state index contributed by atoms with van der Waals surface area (Å²) in [6.07, 6.45) is 0. The maximum Gasteiger partial charge on any atom is 0.281 e. The van der Waals surface area contributed by atoms with Gasteiger partial charge in [0.05, 0.1) is 33.1 Å². The van der Waals surface area contributed by atoms with Crippen LogP contribution in [0.1, 0.15) is 0 Å². The number of nitro groups is 2. The zero-order valence-corrected chi connectivity index (χ0v) is 9.89. The summed E-state index contributed by atoms with van der Waals surface area (Å²) in [5.41, 5.74) is -0.948. The molecule has 2 rings (SSSR count). The first kappa shape index (κ1) is 13.3. The number of nitrogens with zero attached hydrogens (tertiary/aromatic N) is 2. The second-order valence-corrected chi connectivity index (χ2v) is 3.92. The monoisotopic (exact) mass is 276 g/mol. The van der Waals surface area contributed by atoms with Crippen LogP contribution in [0.15, 0.2) is 36.4 Å². The lowest BCUT2D eigenvalue weighted by Gasteiger charge is -2.05. The first-order valence-corrected chi connectivity index (χ1v) is 5.35. The summed E-state index contributed by atoms with van der Waals surface area (Å²) in [6.45, 7) is 0. The Morgan fingerprint density at radius 3 is 1.40 bits per heavy atom. The van der Waals surface area contributed by atoms with Crippen molar-refractivity contribution in [3.05, 3.63) is 56.6 Å². The second kappa shape index (κ2) is 4.84. The van der Waals surface area contributed by atoms with Gasteiger partial charge in [-0.3, -0.25) is 20.2 Å². The van der Waals surface area contributed by atoms with Crippen molar-refractivity contribution in [3.8, 4) is 22.6 Å². The quantitative estimate of drug-likeness (QED) is 0.655. The summed E-state index contributed by atoms with van der Waals surface area (Å²) >= 11 is 0. The average molecular weight is 276 g/mol. The van der Waals surface area contributed by atoms with Crippen LogP contribution >= 0.6 is 0 Å². The van der Waals surface area contributed by atoms with E-state index in [0.717, 1.165) is 12.1 Å². The molecule has 0 aliphatic heterocycles. The molecule has 8 nitrogen and oxygen atoms in total. The molecule has 0 bridgehead atoms. The van der Waals surface area contributed by atoms with E-state index < -0.39 is 21.2 Å². The van der Waals surface area contributed by atoms with Gasteiger partial charge in [0, 0.05) is 0 Å². The van der Waals surface area contributed by atoms with Gasteiger partial charge in [-0.15, -0.1) is 0 Å². The molecule has 20 heavy (non-hydrogen) atoms. The van der Waals surface area contributed by atoms with Gasteiger partial charge in [-0.05, 0) is 24.3 Å². The van der Waals surface area contributed by atoms with Gasteiger partial charge >= 0.3 is 0 Å². The fraction of sp³-hybridized carbons (Fsp3) is 0. The van der Waals surface area contributed by atoms with E-state index in [9.17, 15) is 30.4 Å². The third kappa shape index (κ3) is 2.34. The van der Waals surface area contributed by atoms with Crippen LogP contribution in [-0.4, -0.2) is 20.1 Å². The van der Waals surface area contributed by atoms with E-state index in [1.807, 2.05) is 0 Å². The Bertz CT molecular complexity index is 652. The fourth-order valence-corrected chi connectivity index (χ4v) is 1.80. The average Bonchev–Trinajstić information content (AvgIpc) is 2.38. The highest BCUT2D eigenvalue weighted by molar-refractivity contribution is 5.81. The highest BCUT2D eigenvalue weighted by atomic mass is 16.6. The van der Waals surface area contributed by atoms with Gasteiger partial charge in [-0.2, -0.15) is 0 Å². The smallest absolute Gasteiger partial charge is 0.281 e. The van der Waals surface area contributed by atoms with Crippen molar-refractivity contribution in [2.45, 2.75) is 0 Å². The Hall–Kier alpha value is -3.16. The van der Waals surface area contributed by atoms with E-state index in [1.165, 1.54) is 24.3 Å². The third-order valence-electron chi connectivity index (χ3n) is 2.65. The number of aromatic hydroxyl groups is 2. The molecule has 0 aliphatic rings. The standard InChI is InChI=1S/C12H8N2O6/c15-7-1-3-9(11(5-7)13(17)18)10-4-2-8(16)6-12(10)14(19)20/h1-6,15-16H. The maximum atomic E-state index is 11.0. The second-order valence-electron chi connectivity index (χ2n) is 3.92. The molecule has 0 atom stereocenters. The SMILES string of the molecule is O=[N+]([O-])c1cc(O)ccc1-c1ccc(O)cc1[N+](=O)[O-]. The van der Waals surface area contributed by atoms with Gasteiger partial charge in [-0.25, -0.2) is 0 Å². The molecule has 2 aromatic carbocycles. The van der Waals surface area contributed by atoms with Crippen molar-refractivity contribution in [3.63, 3.8) is 0 Å². The summed E-state index contributed by atoms with van der Waals surface area (Å²) in [4.78, 5) is 20.5. The highest BCUT2D eigenvalue weighted by Crippen LogP contribution is 2.39. The van der Waals surface area contributed by atoms with Crippen molar-refractivity contribution < 1.29 is 20.1 Å². The van der Waals surface area contributed by atoms with Crippen LogP contribution in [0.4, 0.5) is 11.4 Å². The Kier molecular flexibility index (Phi) is 3.21. The van der Waals surface area contributed by atoms with E-state index in [1.54, 1.807) is 0 Å². The molecule has 0 radical (unpaired) electrons. The van der Waals surface area contributed by atoms with Crippen LogP contribution in [0.2, 0.25) is 0 Å². The summed E-state index contributed by atoms with van der Waals surface area (Å²) in [7, 11) is 0. The van der Waals surface area contributed by atoms with Gasteiger partial charge in [0.2, 0.25) is 0 Å². The third-order valence-corrected chi connectivity index (χ3v) is 2.65. The number of nitro benzene ring substituents is 2. The predicted molar refractivity (Wildman–Crippen MR) is 68.5 cm³/mol. The maximum absolute atomic E-state index is 11.0. The van der Waals surface area contributed by atoms with Crippen LogP contribution in [-0.2, 0) is 0 Å². The largest absolute Gasteiger partial charge is 0.508 e. The molecular weight excluding hydrogens is 268 g/mol. The molecule has 0 aliphatic carbocycles. The van der Waals surface area contributed by atoms with Crippen LogP contribution in [0.5, 0.6) is 11.5 Å². The summed E-state index contributed by atoms with van der Waals surface area (Å²) in [5.74, 6) is -0.635. The molecule has 0 saturated heterocycles. The molecule has 0 spiro atoms. The number of rotatable bonds is 3. The van der Waals surface area contributed by atoms with Gasteiger partial charge in [0.15, 0.2) is 0 Å². The fourth-order valence-electron chi connectivity index (χ4n) is 1.80. The van der Waals surface area contributed by atoms with Gasteiger partial charge in [0.25, 0.3) is 11.4 Å². The van der Waals surface area contributed by atoms with Crippen LogP contribution in [0.25, 0.3) is 11.1 Å². The minimum absolute atomic E-state index is 0.0144. The van der Waals surface area contributed by atoms with E-state index in [4.69, 9.17) is 0 Å². The first-order chi connectivity index (χ1) is 9.40. The van der Waals surface area contributed by atoms with E-state index >= 15 is 0 Å². The lowest BCUT2D eigenvalue weighted by atomic mass is 10.0. The highest BCUT2D eigenvalue weighted by Gasteiger charge is 2.23. The molecule has 8 heteroatoms. The molecule has 0 saturated carbocycles. The van der Waals surface area contributed by atoms with Crippen molar-refractivity contribution in [1.82, 2.24) is 0 Å². The Balaban J connectivity index is 2.75. The van der Waals surface area contributed by atoms with Gasteiger partial charge in [0.1, 0.15) is 11.5 Å². The molecule has 0 fully saturated rings. The van der Waals surface area contributed by atoms with Gasteiger partial charge < -0.3 is 10.2 Å². The number of hydrogen-bond donors (Lipinski definition) is 2. The summed E-state index contributed by atoms with van der Waals surface area (Å²) < 4.78 is 0. The van der Waals surface area contributed by atoms with Crippen LogP contribution < -0.4 is 0 Å². The molecule has 2 aromatic rings. The minimum Gasteiger partial charge on any atom is -0.508 e. The van der Waals surface area contributed by atoms with Crippen molar-refractivity contribution in [2.24, 2.45) is 0 Å². The molecular formula is C12H8N2O6. The number of benzene rings is 2. The van der Waals surface area contributed by atoms with Crippen molar-refractivity contribution in [1.29, 1.82) is 0 Å². The molecule has 102 valence electrons. The van der Waals surface area contributed by atoms with Crippen molar-refractivity contribution >= 4 is 11.4 Å². The molecule has 0 unspecified atom stereocenters. The molecule has 0 heterocycles. The predicted octanol–water partition coefficient (Wildman–Crippen LogP) is 2.58. The Morgan fingerprint density at radius 1 is 0.750 bits per heavy atom. The molecule has 2 N–H and O–H groups in total. The zero-order chi connectivity index (χ0) is 14.9. The number of phenols is 2. The molecule has 0 amide bonds. The van der Waals surface area contributed by atoms with Crippen LogP contribution in [0.3, 0.4) is 0 Å². The van der Waals surface area contributed by atoms with E-state index in [-0.39, 0.29) is 22.6 Å². The number of phenolic OH excluding ortho intramolecular Hbond substituents is 2. The van der Waals surface area contributed by atoms with E-state index in [2.05, 4.69) is 0 Å². The number of hydrogen-bond acceptors (Lipinski definition) is 6. The minimum atomic E-state index is -0.744. The van der Waals surface area contributed by atoms with Crippen LogP contribution in [0, 0.1) is 20.2 Å². The van der Waals surface area contributed by atoms with Gasteiger partial charge in [-0.1, -0.05) is 0 Å². The lowest BCUT2D eigenvalue weighted by molar-refractivity contribution is -0.386. The normalized spacial score (nSPS) is 10.2. The first-order valence-electron chi connectivity index (χ1n) is 5.35. The Labute approximate surface area is 111 Å². The summed E-state index contributed by atoms with van der Waals surface area (Å²) in [6, 6.07) is 6.63. The van der Waals surface area contributed by atoms with Crippen molar-refractivity contribution in [2.75, 3.05) is 0 Å². The summed E-state index contributed by atoms with van der Waals surface area (Å²) in [5, 5.41) is 40.5. The lowest BCUT2D eigenvalue weighted by Crippen LogP contribution is -1.96. The topological polar surface area (TPSA) is 127 Å².